The number of hydrogen-bond acceptors (Lipinski definition) is 4. The normalized spacial score (nSPS) is 18.8. The first-order valence-corrected chi connectivity index (χ1v) is 8.75. The van der Waals surface area contributed by atoms with E-state index in [1.807, 2.05) is 0 Å². The molecular weight excluding hydrogens is 344 g/mol. The lowest BCUT2D eigenvalue weighted by Gasteiger charge is -2.29. The molecule has 0 saturated carbocycles. The third-order valence-electron chi connectivity index (χ3n) is 3.95. The molecule has 0 bridgehead atoms. The lowest BCUT2D eigenvalue weighted by Crippen LogP contribution is -2.48. The van der Waals surface area contributed by atoms with Crippen LogP contribution in [-0.4, -0.2) is 46.8 Å². The predicted octanol–water partition coefficient (Wildman–Crippen LogP) is 2.89. The number of carbonyl (C=O) groups is 2. The average molecular weight is 369 g/mol. The minimum absolute atomic E-state index is 0.244. The number of halogens is 1. The summed E-state index contributed by atoms with van der Waals surface area (Å²) in [6.45, 7) is 5.61. The number of benzene rings is 1. The van der Waals surface area contributed by atoms with Gasteiger partial charge in [0, 0.05) is 11.6 Å². The van der Waals surface area contributed by atoms with Crippen molar-refractivity contribution in [1.29, 1.82) is 0 Å². The standard InChI is InChI=1S/C18H25ClN2O4/c1-18(2,3)25-17(24)21-10-4-5-15(21)16(23)20-14(11-22)12-6-8-13(19)9-7-12/h6-9,14-15,22H,4-5,10-11H2,1-3H3,(H,20,23)/t14-,15-/m0/s1. The zero-order valence-electron chi connectivity index (χ0n) is 14.8. The number of nitrogens with one attached hydrogen (secondary N) is 1. The molecule has 1 aromatic rings. The van der Waals surface area contributed by atoms with Gasteiger partial charge in [-0.25, -0.2) is 4.79 Å². The van der Waals surface area contributed by atoms with Gasteiger partial charge in [-0.1, -0.05) is 23.7 Å². The zero-order valence-corrected chi connectivity index (χ0v) is 15.5. The van der Waals surface area contributed by atoms with Crippen LogP contribution in [0.15, 0.2) is 24.3 Å². The van der Waals surface area contributed by atoms with Crippen molar-refractivity contribution >= 4 is 23.6 Å². The second kappa shape index (κ2) is 8.06. The van der Waals surface area contributed by atoms with Crippen molar-refractivity contribution < 1.29 is 19.4 Å². The van der Waals surface area contributed by atoms with Crippen molar-refractivity contribution in [2.75, 3.05) is 13.2 Å². The van der Waals surface area contributed by atoms with Crippen LogP contribution in [0, 0.1) is 0 Å². The molecule has 1 saturated heterocycles. The molecule has 0 unspecified atom stereocenters. The highest BCUT2D eigenvalue weighted by Gasteiger charge is 2.37. The Hall–Kier alpha value is -1.79. The Balaban J connectivity index is 2.05. The van der Waals surface area contributed by atoms with E-state index in [2.05, 4.69) is 5.32 Å². The number of amides is 2. The van der Waals surface area contributed by atoms with Gasteiger partial charge >= 0.3 is 6.09 Å². The van der Waals surface area contributed by atoms with E-state index in [0.717, 1.165) is 12.0 Å². The Morgan fingerprint density at radius 2 is 2.00 bits per heavy atom. The first-order chi connectivity index (χ1) is 11.7. The summed E-state index contributed by atoms with van der Waals surface area (Å²) in [4.78, 5) is 26.4. The quantitative estimate of drug-likeness (QED) is 0.856. The molecule has 1 aliphatic rings. The van der Waals surface area contributed by atoms with Crippen molar-refractivity contribution in [1.82, 2.24) is 10.2 Å². The maximum Gasteiger partial charge on any atom is 0.410 e. The molecule has 25 heavy (non-hydrogen) atoms. The molecule has 7 heteroatoms. The highest BCUT2D eigenvalue weighted by Crippen LogP contribution is 2.23. The average Bonchev–Trinajstić information content (AvgIpc) is 3.01. The molecule has 138 valence electrons. The molecule has 1 fully saturated rings. The van der Waals surface area contributed by atoms with Crippen LogP contribution in [-0.2, 0) is 9.53 Å². The van der Waals surface area contributed by atoms with E-state index >= 15 is 0 Å². The SMILES string of the molecule is CC(C)(C)OC(=O)N1CCC[C@H]1C(=O)N[C@@H](CO)c1ccc(Cl)cc1. The van der Waals surface area contributed by atoms with Crippen molar-refractivity contribution in [2.24, 2.45) is 0 Å². The molecule has 1 aromatic carbocycles. The molecule has 1 aliphatic heterocycles. The second-order valence-electron chi connectivity index (χ2n) is 7.13. The lowest BCUT2D eigenvalue weighted by molar-refractivity contribution is -0.126. The summed E-state index contributed by atoms with van der Waals surface area (Å²) in [6.07, 6.45) is 0.823. The predicted molar refractivity (Wildman–Crippen MR) is 95.4 cm³/mol. The highest BCUT2D eigenvalue weighted by atomic mass is 35.5. The maximum absolute atomic E-state index is 12.6. The van der Waals surface area contributed by atoms with Gasteiger partial charge in [0.1, 0.15) is 11.6 Å². The van der Waals surface area contributed by atoms with Gasteiger partial charge < -0.3 is 15.2 Å². The molecule has 0 aliphatic carbocycles. The molecule has 0 spiro atoms. The Bertz CT molecular complexity index is 612. The minimum Gasteiger partial charge on any atom is -0.444 e. The van der Waals surface area contributed by atoms with Gasteiger partial charge in [0.15, 0.2) is 0 Å². The first kappa shape index (κ1) is 19.5. The van der Waals surface area contributed by atoms with Gasteiger partial charge in [0.05, 0.1) is 12.6 Å². The summed E-state index contributed by atoms with van der Waals surface area (Å²) < 4.78 is 5.37. The molecule has 1 heterocycles. The highest BCUT2D eigenvalue weighted by molar-refractivity contribution is 6.30. The monoisotopic (exact) mass is 368 g/mol. The molecule has 2 rings (SSSR count). The summed E-state index contributed by atoms with van der Waals surface area (Å²) in [5.74, 6) is -0.294. The van der Waals surface area contributed by atoms with Crippen molar-refractivity contribution in [3.8, 4) is 0 Å². The largest absolute Gasteiger partial charge is 0.444 e. The lowest BCUT2D eigenvalue weighted by atomic mass is 10.1. The Labute approximate surface area is 153 Å². The summed E-state index contributed by atoms with van der Waals surface area (Å²) in [5.41, 5.74) is 0.138. The number of aliphatic hydroxyl groups excluding tert-OH is 1. The fraction of sp³-hybridized carbons (Fsp3) is 0.556. The number of nitrogens with zero attached hydrogens (tertiary/aromatic N) is 1. The number of rotatable bonds is 4. The van der Waals surface area contributed by atoms with E-state index in [1.165, 1.54) is 4.90 Å². The number of aliphatic hydroxyl groups is 1. The molecule has 0 radical (unpaired) electrons. The number of carbonyl (C=O) groups excluding carboxylic acids is 2. The zero-order chi connectivity index (χ0) is 18.6. The second-order valence-corrected chi connectivity index (χ2v) is 7.56. The summed E-state index contributed by atoms with van der Waals surface area (Å²) in [6, 6.07) is 5.78. The van der Waals surface area contributed by atoms with E-state index in [9.17, 15) is 14.7 Å². The van der Waals surface area contributed by atoms with E-state index in [4.69, 9.17) is 16.3 Å². The van der Waals surface area contributed by atoms with Crippen molar-refractivity contribution in [3.05, 3.63) is 34.9 Å². The van der Waals surface area contributed by atoms with Gasteiger partial charge in [-0.2, -0.15) is 0 Å². The summed E-state index contributed by atoms with van der Waals surface area (Å²) in [5, 5.41) is 13.0. The van der Waals surface area contributed by atoms with Gasteiger partial charge in [0.25, 0.3) is 0 Å². The number of likely N-dealkylation sites (tertiary alicyclic amines) is 1. The van der Waals surface area contributed by atoms with E-state index in [-0.39, 0.29) is 12.5 Å². The molecule has 2 N–H and O–H groups in total. The summed E-state index contributed by atoms with van der Waals surface area (Å²) >= 11 is 5.87. The van der Waals surface area contributed by atoms with Crippen LogP contribution in [0.5, 0.6) is 0 Å². The molecule has 2 atom stereocenters. The Kier molecular flexibility index (Phi) is 6.30. The van der Waals surface area contributed by atoms with Gasteiger partial charge in [-0.15, -0.1) is 0 Å². The van der Waals surface area contributed by atoms with Crippen LogP contribution in [0.25, 0.3) is 0 Å². The van der Waals surface area contributed by atoms with Crippen LogP contribution in [0.3, 0.4) is 0 Å². The smallest absolute Gasteiger partial charge is 0.410 e. The fourth-order valence-electron chi connectivity index (χ4n) is 2.78. The first-order valence-electron chi connectivity index (χ1n) is 8.37. The maximum atomic E-state index is 12.6. The van der Waals surface area contributed by atoms with Crippen LogP contribution in [0.1, 0.15) is 45.2 Å². The van der Waals surface area contributed by atoms with Crippen LogP contribution in [0.2, 0.25) is 5.02 Å². The van der Waals surface area contributed by atoms with Crippen molar-refractivity contribution in [3.63, 3.8) is 0 Å². The molecular formula is C18H25ClN2O4. The Morgan fingerprint density at radius 1 is 1.36 bits per heavy atom. The van der Waals surface area contributed by atoms with Gasteiger partial charge in [-0.3, -0.25) is 9.69 Å². The van der Waals surface area contributed by atoms with E-state index in [0.29, 0.717) is 18.0 Å². The van der Waals surface area contributed by atoms with E-state index < -0.39 is 23.8 Å². The molecule has 6 nitrogen and oxygen atoms in total. The van der Waals surface area contributed by atoms with Crippen LogP contribution in [0.4, 0.5) is 4.79 Å². The number of hydrogen-bond donors (Lipinski definition) is 2. The van der Waals surface area contributed by atoms with Gasteiger partial charge in [-0.05, 0) is 51.3 Å². The molecule has 0 aromatic heterocycles. The third kappa shape index (κ3) is 5.34. The summed E-state index contributed by atoms with van der Waals surface area (Å²) in [7, 11) is 0. The van der Waals surface area contributed by atoms with E-state index in [1.54, 1.807) is 45.0 Å². The topological polar surface area (TPSA) is 78.9 Å². The van der Waals surface area contributed by atoms with Crippen LogP contribution >= 0.6 is 11.6 Å². The molecule has 2 amide bonds. The Morgan fingerprint density at radius 3 is 2.56 bits per heavy atom. The third-order valence-corrected chi connectivity index (χ3v) is 4.21. The van der Waals surface area contributed by atoms with Gasteiger partial charge in [0.2, 0.25) is 5.91 Å². The van der Waals surface area contributed by atoms with Crippen LogP contribution < -0.4 is 5.32 Å². The number of ether oxygens (including phenoxy) is 1. The van der Waals surface area contributed by atoms with Crippen molar-refractivity contribution in [2.45, 2.75) is 51.3 Å². The minimum atomic E-state index is -0.613. The fourth-order valence-corrected chi connectivity index (χ4v) is 2.90.